The number of rotatable bonds is 5. The molecule has 1 saturated heterocycles. The van der Waals surface area contributed by atoms with Crippen molar-refractivity contribution in [3.8, 4) is 0 Å². The summed E-state index contributed by atoms with van der Waals surface area (Å²) in [7, 11) is 0. The molecule has 0 saturated carbocycles. The minimum atomic E-state index is -0.214. The monoisotopic (exact) mass is 402 g/mol. The third kappa shape index (κ3) is 3.91. The Hall–Kier alpha value is -2.19. The molecule has 1 N–H and O–H groups in total. The molecule has 0 spiro atoms. The number of nitrogens with one attached hydrogen (secondary N) is 1. The standard InChI is InChI=1S/C19H22N4O2S2/c1-5-20-16-13(17(24)22-10-12(4)6-7-15(22)21-16)8-14-18(25)23(9-11(2)3)19(26)27-14/h6-8,10-11,20H,5,9H2,1-4H3/b14-8+. The molecule has 6 nitrogen and oxygen atoms in total. The lowest BCUT2D eigenvalue weighted by atomic mass is 10.2. The minimum absolute atomic E-state index is 0.158. The fraction of sp³-hybridized carbons (Fsp3) is 0.368. The highest BCUT2D eigenvalue weighted by molar-refractivity contribution is 8.26. The highest BCUT2D eigenvalue weighted by Crippen LogP contribution is 2.33. The SMILES string of the molecule is CCNc1nc2ccc(C)cn2c(=O)c1/C=C1/SC(=S)N(CC(C)C)C1=O. The average Bonchev–Trinajstić information content (AvgIpc) is 2.86. The van der Waals surface area contributed by atoms with E-state index in [0.717, 1.165) is 5.56 Å². The second kappa shape index (κ2) is 7.82. The molecule has 0 unspecified atom stereocenters. The van der Waals surface area contributed by atoms with Crippen LogP contribution in [0.5, 0.6) is 0 Å². The number of anilines is 1. The van der Waals surface area contributed by atoms with Crippen LogP contribution >= 0.6 is 24.0 Å². The lowest BCUT2D eigenvalue weighted by molar-refractivity contribution is -0.122. The van der Waals surface area contributed by atoms with Crippen molar-refractivity contribution < 1.29 is 4.79 Å². The first-order valence-corrected chi connectivity index (χ1v) is 10.1. The number of thiocarbonyl (C=S) groups is 1. The molecule has 3 heterocycles. The van der Waals surface area contributed by atoms with Gasteiger partial charge in [-0.25, -0.2) is 4.98 Å². The van der Waals surface area contributed by atoms with Gasteiger partial charge in [-0.1, -0.05) is 43.9 Å². The Balaban J connectivity index is 2.13. The summed E-state index contributed by atoms with van der Waals surface area (Å²) in [6.45, 7) is 9.10. The van der Waals surface area contributed by atoms with Gasteiger partial charge < -0.3 is 5.32 Å². The smallest absolute Gasteiger partial charge is 0.267 e. The Morgan fingerprint density at radius 2 is 2.07 bits per heavy atom. The molecule has 1 aliphatic heterocycles. The molecule has 1 aliphatic rings. The lowest BCUT2D eigenvalue weighted by Gasteiger charge is -2.16. The minimum Gasteiger partial charge on any atom is -0.370 e. The van der Waals surface area contributed by atoms with Gasteiger partial charge in [0.25, 0.3) is 11.5 Å². The molecule has 1 amide bonds. The predicted octanol–water partition coefficient (Wildman–Crippen LogP) is 3.29. The third-order valence-corrected chi connectivity index (χ3v) is 5.42. The summed E-state index contributed by atoms with van der Waals surface area (Å²) in [5.74, 6) is 0.621. The molecule has 0 atom stereocenters. The molecule has 3 rings (SSSR count). The van der Waals surface area contributed by atoms with Crippen LogP contribution in [0.4, 0.5) is 5.82 Å². The molecule has 1 fully saturated rings. The van der Waals surface area contributed by atoms with E-state index < -0.39 is 0 Å². The summed E-state index contributed by atoms with van der Waals surface area (Å²) in [6.07, 6.45) is 3.36. The number of nitrogens with zero attached hydrogens (tertiary/aromatic N) is 3. The fourth-order valence-electron chi connectivity index (χ4n) is 2.84. The molecule has 0 aliphatic carbocycles. The normalized spacial score (nSPS) is 16.2. The van der Waals surface area contributed by atoms with Crippen LogP contribution in [0.3, 0.4) is 0 Å². The van der Waals surface area contributed by atoms with E-state index in [1.807, 2.05) is 39.8 Å². The van der Waals surface area contributed by atoms with Gasteiger partial charge in [0.2, 0.25) is 0 Å². The summed E-state index contributed by atoms with van der Waals surface area (Å²) in [6, 6.07) is 3.72. The number of hydrogen-bond acceptors (Lipinski definition) is 6. The maximum Gasteiger partial charge on any atom is 0.267 e. The van der Waals surface area contributed by atoms with E-state index in [2.05, 4.69) is 10.3 Å². The Morgan fingerprint density at radius 1 is 1.33 bits per heavy atom. The van der Waals surface area contributed by atoms with Crippen molar-refractivity contribution in [2.45, 2.75) is 27.7 Å². The predicted molar refractivity (Wildman–Crippen MR) is 115 cm³/mol. The van der Waals surface area contributed by atoms with E-state index >= 15 is 0 Å². The van der Waals surface area contributed by atoms with Crippen LogP contribution in [0.1, 0.15) is 31.9 Å². The number of pyridine rings is 1. The molecule has 27 heavy (non-hydrogen) atoms. The molecule has 0 radical (unpaired) electrons. The van der Waals surface area contributed by atoms with Gasteiger partial charge in [0, 0.05) is 19.3 Å². The number of amides is 1. The first kappa shape index (κ1) is 19.6. The van der Waals surface area contributed by atoms with E-state index in [0.29, 0.717) is 45.3 Å². The Labute approximate surface area is 167 Å². The zero-order chi connectivity index (χ0) is 19.7. The molecule has 8 heteroatoms. The Kier molecular flexibility index (Phi) is 5.67. The van der Waals surface area contributed by atoms with Crippen molar-refractivity contribution in [3.05, 3.63) is 44.7 Å². The number of thioether (sulfide) groups is 1. The number of aromatic nitrogens is 2. The van der Waals surface area contributed by atoms with Gasteiger partial charge in [-0.3, -0.25) is 18.9 Å². The molecule has 2 aromatic heterocycles. The van der Waals surface area contributed by atoms with Crippen LogP contribution in [-0.4, -0.2) is 37.6 Å². The molecular formula is C19H22N4O2S2. The van der Waals surface area contributed by atoms with Crippen molar-refractivity contribution in [2.24, 2.45) is 5.92 Å². The summed E-state index contributed by atoms with van der Waals surface area (Å²) in [4.78, 5) is 32.4. The molecular weight excluding hydrogens is 380 g/mol. The number of aryl methyl sites for hydroxylation is 1. The van der Waals surface area contributed by atoms with Crippen LogP contribution in [0.2, 0.25) is 0 Å². The molecule has 0 bridgehead atoms. The van der Waals surface area contributed by atoms with E-state index in [1.165, 1.54) is 16.2 Å². The van der Waals surface area contributed by atoms with Crippen LogP contribution in [0.25, 0.3) is 11.7 Å². The van der Waals surface area contributed by atoms with Crippen LogP contribution in [0, 0.1) is 12.8 Å². The summed E-state index contributed by atoms with van der Waals surface area (Å²) < 4.78 is 2.03. The van der Waals surface area contributed by atoms with Gasteiger partial charge in [0.1, 0.15) is 15.8 Å². The van der Waals surface area contributed by atoms with Crippen molar-refractivity contribution >= 4 is 51.7 Å². The van der Waals surface area contributed by atoms with Gasteiger partial charge in [-0.05, 0) is 37.5 Å². The highest BCUT2D eigenvalue weighted by atomic mass is 32.2. The van der Waals surface area contributed by atoms with Crippen molar-refractivity contribution in [1.29, 1.82) is 0 Å². The third-order valence-electron chi connectivity index (χ3n) is 4.05. The maximum absolute atomic E-state index is 13.1. The zero-order valence-corrected chi connectivity index (χ0v) is 17.4. The van der Waals surface area contributed by atoms with Crippen LogP contribution in [-0.2, 0) is 4.79 Å². The van der Waals surface area contributed by atoms with Crippen molar-refractivity contribution in [1.82, 2.24) is 14.3 Å². The Bertz CT molecular complexity index is 1010. The second-order valence-corrected chi connectivity index (χ2v) is 8.51. The Morgan fingerprint density at radius 3 is 2.74 bits per heavy atom. The zero-order valence-electron chi connectivity index (χ0n) is 15.8. The van der Waals surface area contributed by atoms with Gasteiger partial charge in [-0.2, -0.15) is 0 Å². The van der Waals surface area contributed by atoms with Gasteiger partial charge in [0.05, 0.1) is 10.5 Å². The quantitative estimate of drug-likeness (QED) is 0.611. The van der Waals surface area contributed by atoms with Crippen molar-refractivity contribution in [3.63, 3.8) is 0 Å². The van der Waals surface area contributed by atoms with E-state index in [4.69, 9.17) is 12.2 Å². The van der Waals surface area contributed by atoms with Crippen molar-refractivity contribution in [2.75, 3.05) is 18.4 Å². The fourth-order valence-corrected chi connectivity index (χ4v) is 4.10. The average molecular weight is 403 g/mol. The van der Waals surface area contributed by atoms with Gasteiger partial charge in [0.15, 0.2) is 0 Å². The first-order chi connectivity index (χ1) is 12.8. The second-order valence-electron chi connectivity index (χ2n) is 6.83. The van der Waals surface area contributed by atoms with E-state index in [9.17, 15) is 9.59 Å². The number of hydrogen-bond donors (Lipinski definition) is 1. The summed E-state index contributed by atoms with van der Waals surface area (Å²) in [5.41, 5.74) is 1.67. The maximum atomic E-state index is 13.1. The van der Waals surface area contributed by atoms with Crippen LogP contribution < -0.4 is 10.9 Å². The first-order valence-electron chi connectivity index (χ1n) is 8.84. The van der Waals surface area contributed by atoms with E-state index in [1.54, 1.807) is 17.2 Å². The van der Waals surface area contributed by atoms with Crippen LogP contribution in [0.15, 0.2) is 28.0 Å². The highest BCUT2D eigenvalue weighted by Gasteiger charge is 2.32. The number of carbonyl (C=O) groups is 1. The van der Waals surface area contributed by atoms with Gasteiger partial charge in [-0.15, -0.1) is 0 Å². The lowest BCUT2D eigenvalue weighted by Crippen LogP contribution is -2.31. The van der Waals surface area contributed by atoms with Gasteiger partial charge >= 0.3 is 0 Å². The largest absolute Gasteiger partial charge is 0.370 e. The molecule has 142 valence electrons. The topological polar surface area (TPSA) is 66.7 Å². The number of carbonyl (C=O) groups excluding carboxylic acids is 1. The molecule has 2 aromatic rings. The number of fused-ring (bicyclic) bond motifs is 1. The summed E-state index contributed by atoms with van der Waals surface area (Å²) >= 11 is 6.58. The summed E-state index contributed by atoms with van der Waals surface area (Å²) in [5, 5.41) is 3.13. The molecule has 0 aromatic carbocycles. The van der Waals surface area contributed by atoms with E-state index in [-0.39, 0.29) is 11.5 Å².